The molecule has 0 aliphatic carbocycles. The van der Waals surface area contributed by atoms with E-state index in [2.05, 4.69) is 31.4 Å². The Balaban J connectivity index is 2.18. The zero-order chi connectivity index (χ0) is 11.3. The molecule has 1 unspecified atom stereocenters. The Labute approximate surface area is 93.0 Å². The van der Waals surface area contributed by atoms with Gasteiger partial charge in [-0.05, 0) is 45.1 Å². The highest BCUT2D eigenvalue weighted by atomic mass is 16.2. The molecule has 3 heteroatoms. The minimum atomic E-state index is 0.0616. The van der Waals surface area contributed by atoms with E-state index in [9.17, 15) is 4.79 Å². The van der Waals surface area contributed by atoms with Gasteiger partial charge in [0.05, 0.1) is 6.04 Å². The minimum Gasteiger partial charge on any atom is -0.352 e. The van der Waals surface area contributed by atoms with E-state index < -0.39 is 0 Å². The number of hydrogen-bond acceptors (Lipinski definition) is 2. The van der Waals surface area contributed by atoms with Gasteiger partial charge >= 0.3 is 0 Å². The standard InChI is InChI=1S/C12H24N2O/c1-9(2)6-7-10(3)14-12(15)11-5-4-8-13-11/h9-11,13H,4-8H2,1-3H3,(H,14,15)/t10?,11-/m0/s1. The number of carbonyl (C=O) groups excluding carboxylic acids is 1. The molecule has 0 saturated carbocycles. The number of hydrogen-bond donors (Lipinski definition) is 2. The van der Waals surface area contributed by atoms with Crippen LogP contribution in [0.25, 0.3) is 0 Å². The topological polar surface area (TPSA) is 41.1 Å². The van der Waals surface area contributed by atoms with Gasteiger partial charge in [-0.2, -0.15) is 0 Å². The number of nitrogens with one attached hydrogen (secondary N) is 2. The first-order chi connectivity index (χ1) is 7.09. The largest absolute Gasteiger partial charge is 0.352 e. The molecule has 1 saturated heterocycles. The second-order valence-electron chi connectivity index (χ2n) is 5.03. The van der Waals surface area contributed by atoms with Crippen LogP contribution in [0.15, 0.2) is 0 Å². The highest BCUT2D eigenvalue weighted by Crippen LogP contribution is 2.08. The molecule has 1 rings (SSSR count). The first-order valence-electron chi connectivity index (χ1n) is 6.13. The fraction of sp³-hybridized carbons (Fsp3) is 0.917. The highest BCUT2D eigenvalue weighted by molar-refractivity contribution is 5.82. The van der Waals surface area contributed by atoms with E-state index in [1.807, 2.05) is 0 Å². The summed E-state index contributed by atoms with van der Waals surface area (Å²) in [5.41, 5.74) is 0. The SMILES string of the molecule is CC(C)CCC(C)NC(=O)[C@@H]1CCCN1. The predicted molar refractivity (Wildman–Crippen MR) is 62.7 cm³/mol. The van der Waals surface area contributed by atoms with Crippen molar-refractivity contribution in [2.24, 2.45) is 5.92 Å². The molecule has 15 heavy (non-hydrogen) atoms. The van der Waals surface area contributed by atoms with E-state index in [0.717, 1.165) is 25.8 Å². The van der Waals surface area contributed by atoms with Gasteiger partial charge in [0.2, 0.25) is 5.91 Å². The fourth-order valence-corrected chi connectivity index (χ4v) is 1.91. The van der Waals surface area contributed by atoms with Crippen molar-refractivity contribution < 1.29 is 4.79 Å². The number of carbonyl (C=O) groups is 1. The summed E-state index contributed by atoms with van der Waals surface area (Å²) in [5, 5.41) is 6.29. The lowest BCUT2D eigenvalue weighted by Crippen LogP contribution is -2.44. The van der Waals surface area contributed by atoms with Crippen LogP contribution in [0.5, 0.6) is 0 Å². The van der Waals surface area contributed by atoms with Crippen LogP contribution in [0.2, 0.25) is 0 Å². The maximum Gasteiger partial charge on any atom is 0.237 e. The van der Waals surface area contributed by atoms with Crippen LogP contribution in [0.3, 0.4) is 0 Å². The van der Waals surface area contributed by atoms with Gasteiger partial charge in [0, 0.05) is 6.04 Å². The average Bonchev–Trinajstić information content (AvgIpc) is 2.67. The lowest BCUT2D eigenvalue weighted by molar-refractivity contribution is -0.123. The third-order valence-corrected chi connectivity index (χ3v) is 2.94. The summed E-state index contributed by atoms with van der Waals surface area (Å²) in [5.74, 6) is 0.901. The molecule has 2 N–H and O–H groups in total. The highest BCUT2D eigenvalue weighted by Gasteiger charge is 2.22. The Bertz CT molecular complexity index is 198. The molecule has 1 aliphatic heterocycles. The summed E-state index contributed by atoms with van der Waals surface area (Å²) < 4.78 is 0. The van der Waals surface area contributed by atoms with Crippen molar-refractivity contribution in [3.05, 3.63) is 0 Å². The van der Waals surface area contributed by atoms with Crippen molar-refractivity contribution in [1.82, 2.24) is 10.6 Å². The minimum absolute atomic E-state index is 0.0616. The number of amides is 1. The molecule has 0 bridgehead atoms. The zero-order valence-electron chi connectivity index (χ0n) is 10.2. The van der Waals surface area contributed by atoms with Crippen molar-refractivity contribution >= 4 is 5.91 Å². The van der Waals surface area contributed by atoms with E-state index in [1.54, 1.807) is 0 Å². The van der Waals surface area contributed by atoms with Crippen molar-refractivity contribution in [2.45, 2.75) is 58.5 Å². The molecule has 1 fully saturated rings. The molecule has 1 amide bonds. The third kappa shape index (κ3) is 4.65. The van der Waals surface area contributed by atoms with Gasteiger partial charge in [-0.25, -0.2) is 0 Å². The smallest absolute Gasteiger partial charge is 0.237 e. The first-order valence-corrected chi connectivity index (χ1v) is 6.13. The molecule has 88 valence electrons. The average molecular weight is 212 g/mol. The molecule has 1 heterocycles. The van der Waals surface area contributed by atoms with Gasteiger partial charge in [-0.1, -0.05) is 13.8 Å². The summed E-state index contributed by atoms with van der Waals surface area (Å²) >= 11 is 0. The molecule has 0 aromatic carbocycles. The lowest BCUT2D eigenvalue weighted by atomic mass is 10.0. The fourth-order valence-electron chi connectivity index (χ4n) is 1.91. The van der Waals surface area contributed by atoms with Gasteiger partial charge < -0.3 is 10.6 Å². The Morgan fingerprint density at radius 2 is 2.13 bits per heavy atom. The van der Waals surface area contributed by atoms with Crippen molar-refractivity contribution in [3.63, 3.8) is 0 Å². The quantitative estimate of drug-likeness (QED) is 0.728. The monoisotopic (exact) mass is 212 g/mol. The van der Waals surface area contributed by atoms with E-state index in [4.69, 9.17) is 0 Å². The summed E-state index contributed by atoms with van der Waals surface area (Å²) in [6, 6.07) is 0.369. The van der Waals surface area contributed by atoms with E-state index in [1.165, 1.54) is 6.42 Å². The molecule has 1 aliphatic rings. The van der Waals surface area contributed by atoms with Crippen molar-refractivity contribution in [2.75, 3.05) is 6.54 Å². The van der Waals surface area contributed by atoms with Gasteiger partial charge in [0.15, 0.2) is 0 Å². The van der Waals surface area contributed by atoms with E-state index >= 15 is 0 Å². The van der Waals surface area contributed by atoms with Crippen LogP contribution in [-0.4, -0.2) is 24.5 Å². The normalized spacial score (nSPS) is 23.1. The molecular formula is C12H24N2O. The Kier molecular flexibility index (Phi) is 5.09. The van der Waals surface area contributed by atoms with Gasteiger partial charge in [0.25, 0.3) is 0 Å². The lowest BCUT2D eigenvalue weighted by Gasteiger charge is -2.17. The maximum atomic E-state index is 11.7. The molecule has 0 radical (unpaired) electrons. The summed E-state index contributed by atoms with van der Waals surface area (Å²) in [7, 11) is 0. The van der Waals surface area contributed by atoms with E-state index in [-0.39, 0.29) is 11.9 Å². The van der Waals surface area contributed by atoms with Crippen LogP contribution in [0, 0.1) is 5.92 Å². The zero-order valence-corrected chi connectivity index (χ0v) is 10.2. The molecule has 3 nitrogen and oxygen atoms in total. The van der Waals surface area contributed by atoms with Crippen molar-refractivity contribution in [3.8, 4) is 0 Å². The van der Waals surface area contributed by atoms with Gasteiger partial charge in [-0.15, -0.1) is 0 Å². The third-order valence-electron chi connectivity index (χ3n) is 2.94. The number of rotatable bonds is 5. The molecule has 0 aromatic heterocycles. The Hall–Kier alpha value is -0.570. The van der Waals surface area contributed by atoms with Crippen LogP contribution in [0.1, 0.15) is 46.5 Å². The summed E-state index contributed by atoms with van der Waals surface area (Å²) in [6.45, 7) is 7.51. The maximum absolute atomic E-state index is 11.7. The summed E-state index contributed by atoms with van der Waals surface area (Å²) in [6.07, 6.45) is 4.37. The second-order valence-corrected chi connectivity index (χ2v) is 5.03. The summed E-state index contributed by atoms with van der Waals surface area (Å²) in [4.78, 5) is 11.7. The Morgan fingerprint density at radius 3 is 2.67 bits per heavy atom. The first kappa shape index (κ1) is 12.5. The predicted octanol–water partition coefficient (Wildman–Crippen LogP) is 1.68. The van der Waals surface area contributed by atoms with Crippen LogP contribution < -0.4 is 10.6 Å². The van der Waals surface area contributed by atoms with Crippen LogP contribution >= 0.6 is 0 Å². The van der Waals surface area contributed by atoms with Gasteiger partial charge in [-0.3, -0.25) is 4.79 Å². The van der Waals surface area contributed by atoms with Gasteiger partial charge in [0.1, 0.15) is 0 Å². The second kappa shape index (κ2) is 6.11. The van der Waals surface area contributed by atoms with E-state index in [0.29, 0.717) is 12.0 Å². The molecule has 0 spiro atoms. The molecular weight excluding hydrogens is 188 g/mol. The molecule has 2 atom stereocenters. The van der Waals surface area contributed by atoms with Crippen LogP contribution in [-0.2, 0) is 4.79 Å². The molecule has 0 aromatic rings. The Morgan fingerprint density at radius 1 is 1.40 bits per heavy atom. The van der Waals surface area contributed by atoms with Crippen molar-refractivity contribution in [1.29, 1.82) is 0 Å². The van der Waals surface area contributed by atoms with Crippen LogP contribution in [0.4, 0.5) is 0 Å².